The van der Waals surface area contributed by atoms with Gasteiger partial charge in [-0.2, -0.15) is 0 Å². The maximum Gasteiger partial charge on any atom is 0.262 e. The van der Waals surface area contributed by atoms with Crippen molar-refractivity contribution < 1.29 is 14.3 Å². The molecule has 3 rings (SSSR count). The predicted molar refractivity (Wildman–Crippen MR) is 107 cm³/mol. The smallest absolute Gasteiger partial charge is 0.262 e. The molecule has 5 heteroatoms. The summed E-state index contributed by atoms with van der Waals surface area (Å²) in [6.07, 6.45) is 2.14. The molecule has 0 spiro atoms. The van der Waals surface area contributed by atoms with Crippen molar-refractivity contribution in [2.24, 2.45) is 0 Å². The summed E-state index contributed by atoms with van der Waals surface area (Å²) < 4.78 is 5.61. The molecule has 5 nitrogen and oxygen atoms in total. The highest BCUT2D eigenvalue weighted by Crippen LogP contribution is 2.30. The Morgan fingerprint density at radius 3 is 2.56 bits per heavy atom. The van der Waals surface area contributed by atoms with Gasteiger partial charge in [-0.3, -0.25) is 9.59 Å². The third kappa shape index (κ3) is 4.67. The van der Waals surface area contributed by atoms with Crippen molar-refractivity contribution in [3.8, 4) is 5.75 Å². The summed E-state index contributed by atoms with van der Waals surface area (Å²) in [7, 11) is 0. The Bertz CT molecular complexity index is 840. The van der Waals surface area contributed by atoms with Crippen LogP contribution in [0.5, 0.6) is 5.75 Å². The maximum atomic E-state index is 12.2. The van der Waals surface area contributed by atoms with Gasteiger partial charge in [-0.05, 0) is 73.7 Å². The molecular weight excluding hydrogens is 340 g/mol. The Hall–Kier alpha value is -2.82. The molecule has 2 aromatic rings. The fraction of sp³-hybridized carbons (Fsp3) is 0.364. The molecule has 27 heavy (non-hydrogen) atoms. The SMILES string of the molecule is CCCN1C(=O)CCc2cc(NC(=O)COc3cc(C)cc(C)c3)ccc21. The minimum atomic E-state index is -0.202. The Morgan fingerprint density at radius 1 is 1.11 bits per heavy atom. The van der Waals surface area contributed by atoms with E-state index in [4.69, 9.17) is 4.74 Å². The highest BCUT2D eigenvalue weighted by atomic mass is 16.5. The number of nitrogens with zero attached hydrogens (tertiary/aromatic N) is 1. The molecule has 1 heterocycles. The van der Waals surface area contributed by atoms with Gasteiger partial charge < -0.3 is 15.0 Å². The number of carbonyl (C=O) groups excluding carboxylic acids is 2. The van der Waals surface area contributed by atoms with Crippen LogP contribution in [0.2, 0.25) is 0 Å². The Morgan fingerprint density at radius 2 is 1.85 bits per heavy atom. The van der Waals surface area contributed by atoms with Crippen LogP contribution in [0.3, 0.4) is 0 Å². The van der Waals surface area contributed by atoms with Gasteiger partial charge in [-0.1, -0.05) is 13.0 Å². The molecule has 2 amide bonds. The van der Waals surface area contributed by atoms with Crippen LogP contribution in [0.1, 0.15) is 36.5 Å². The molecule has 0 aromatic heterocycles. The van der Waals surface area contributed by atoms with E-state index in [0.29, 0.717) is 18.6 Å². The van der Waals surface area contributed by atoms with Crippen LogP contribution in [0, 0.1) is 13.8 Å². The predicted octanol–water partition coefficient (Wildman–Crippen LogP) is 4.01. The summed E-state index contributed by atoms with van der Waals surface area (Å²) in [5.74, 6) is 0.663. The molecule has 0 radical (unpaired) electrons. The summed E-state index contributed by atoms with van der Waals surface area (Å²) in [6, 6.07) is 11.6. The zero-order valence-electron chi connectivity index (χ0n) is 16.2. The zero-order chi connectivity index (χ0) is 19.4. The van der Waals surface area contributed by atoms with Crippen LogP contribution < -0.4 is 15.0 Å². The van der Waals surface area contributed by atoms with Gasteiger partial charge in [0.25, 0.3) is 5.91 Å². The summed E-state index contributed by atoms with van der Waals surface area (Å²) in [4.78, 5) is 26.2. The number of hydrogen-bond donors (Lipinski definition) is 1. The van der Waals surface area contributed by atoms with Crippen molar-refractivity contribution in [2.45, 2.75) is 40.0 Å². The average molecular weight is 366 g/mol. The van der Waals surface area contributed by atoms with E-state index in [2.05, 4.69) is 18.3 Å². The number of benzene rings is 2. The number of nitrogens with one attached hydrogen (secondary N) is 1. The molecule has 2 aromatic carbocycles. The molecule has 0 bridgehead atoms. The fourth-order valence-corrected chi connectivity index (χ4v) is 3.47. The first-order valence-corrected chi connectivity index (χ1v) is 9.40. The van der Waals surface area contributed by atoms with Crippen LogP contribution in [0.4, 0.5) is 11.4 Å². The van der Waals surface area contributed by atoms with E-state index in [1.807, 2.05) is 49.1 Å². The first-order chi connectivity index (χ1) is 13.0. The second-order valence-electron chi connectivity index (χ2n) is 7.05. The average Bonchev–Trinajstić information content (AvgIpc) is 2.62. The molecule has 142 valence electrons. The van der Waals surface area contributed by atoms with Crippen LogP contribution >= 0.6 is 0 Å². The van der Waals surface area contributed by atoms with Gasteiger partial charge in [0, 0.05) is 24.3 Å². The molecule has 0 saturated carbocycles. The van der Waals surface area contributed by atoms with E-state index < -0.39 is 0 Å². The second kappa shape index (κ2) is 8.25. The van der Waals surface area contributed by atoms with Gasteiger partial charge in [0.15, 0.2) is 6.61 Å². The number of ether oxygens (including phenoxy) is 1. The van der Waals surface area contributed by atoms with Crippen molar-refractivity contribution >= 4 is 23.2 Å². The van der Waals surface area contributed by atoms with E-state index in [1.54, 1.807) is 0 Å². The topological polar surface area (TPSA) is 58.6 Å². The van der Waals surface area contributed by atoms with Crippen LogP contribution in [-0.4, -0.2) is 25.0 Å². The van der Waals surface area contributed by atoms with Crippen molar-refractivity contribution in [3.05, 3.63) is 53.1 Å². The van der Waals surface area contributed by atoms with E-state index in [-0.39, 0.29) is 18.4 Å². The van der Waals surface area contributed by atoms with Gasteiger partial charge in [0.05, 0.1) is 0 Å². The lowest BCUT2D eigenvalue weighted by atomic mass is 10.00. The van der Waals surface area contributed by atoms with E-state index in [9.17, 15) is 9.59 Å². The van der Waals surface area contributed by atoms with Gasteiger partial charge in [-0.25, -0.2) is 0 Å². The molecule has 0 unspecified atom stereocenters. The molecule has 0 aliphatic carbocycles. The summed E-state index contributed by atoms with van der Waals surface area (Å²) >= 11 is 0. The fourth-order valence-electron chi connectivity index (χ4n) is 3.47. The Balaban J connectivity index is 1.64. The summed E-state index contributed by atoms with van der Waals surface area (Å²) in [6.45, 7) is 6.74. The van der Waals surface area contributed by atoms with E-state index in [0.717, 1.165) is 41.0 Å². The van der Waals surface area contributed by atoms with Gasteiger partial charge in [-0.15, -0.1) is 0 Å². The van der Waals surface area contributed by atoms with Crippen molar-refractivity contribution in [1.82, 2.24) is 0 Å². The number of fused-ring (bicyclic) bond motifs is 1. The standard InChI is InChI=1S/C22H26N2O3/c1-4-9-24-20-7-6-18(13-17(20)5-8-22(24)26)23-21(25)14-27-19-11-15(2)10-16(3)12-19/h6-7,10-13H,4-5,8-9,14H2,1-3H3,(H,23,25). The Labute approximate surface area is 160 Å². The lowest BCUT2D eigenvalue weighted by Gasteiger charge is -2.29. The van der Waals surface area contributed by atoms with Crippen molar-refractivity contribution in [2.75, 3.05) is 23.4 Å². The molecule has 0 atom stereocenters. The molecule has 0 saturated heterocycles. The molecular formula is C22H26N2O3. The number of amides is 2. The molecule has 1 N–H and O–H groups in total. The van der Waals surface area contributed by atoms with Crippen molar-refractivity contribution in [1.29, 1.82) is 0 Å². The third-order valence-electron chi connectivity index (χ3n) is 4.58. The van der Waals surface area contributed by atoms with Crippen LogP contribution in [0.15, 0.2) is 36.4 Å². The minimum absolute atomic E-state index is 0.0412. The number of rotatable bonds is 6. The monoisotopic (exact) mass is 366 g/mol. The largest absolute Gasteiger partial charge is 0.484 e. The highest BCUT2D eigenvalue weighted by Gasteiger charge is 2.23. The van der Waals surface area contributed by atoms with Gasteiger partial charge in [0.1, 0.15) is 5.75 Å². The minimum Gasteiger partial charge on any atom is -0.484 e. The first kappa shape index (κ1) is 19.0. The lowest BCUT2D eigenvalue weighted by molar-refractivity contribution is -0.119. The number of hydrogen-bond acceptors (Lipinski definition) is 3. The van der Waals surface area contributed by atoms with Gasteiger partial charge in [0.2, 0.25) is 5.91 Å². The maximum absolute atomic E-state index is 12.2. The summed E-state index contributed by atoms with van der Waals surface area (Å²) in [5, 5.41) is 2.88. The highest BCUT2D eigenvalue weighted by molar-refractivity contribution is 5.97. The quantitative estimate of drug-likeness (QED) is 0.840. The van der Waals surface area contributed by atoms with E-state index >= 15 is 0 Å². The van der Waals surface area contributed by atoms with Crippen LogP contribution in [0.25, 0.3) is 0 Å². The Kier molecular flexibility index (Phi) is 5.79. The third-order valence-corrected chi connectivity index (χ3v) is 4.58. The number of carbonyl (C=O) groups is 2. The molecule has 1 aliphatic heterocycles. The normalized spacial score (nSPS) is 13.3. The van der Waals surface area contributed by atoms with Gasteiger partial charge >= 0.3 is 0 Å². The van der Waals surface area contributed by atoms with Crippen molar-refractivity contribution in [3.63, 3.8) is 0 Å². The summed E-state index contributed by atoms with van der Waals surface area (Å²) in [5.41, 5.74) is 4.99. The first-order valence-electron chi connectivity index (χ1n) is 9.40. The second-order valence-corrected chi connectivity index (χ2v) is 7.05. The zero-order valence-corrected chi connectivity index (χ0v) is 16.2. The number of aryl methyl sites for hydroxylation is 3. The lowest BCUT2D eigenvalue weighted by Crippen LogP contribution is -2.35. The molecule has 0 fully saturated rings. The van der Waals surface area contributed by atoms with Crippen LogP contribution in [-0.2, 0) is 16.0 Å². The van der Waals surface area contributed by atoms with E-state index in [1.165, 1.54) is 0 Å². The number of anilines is 2. The molecule has 1 aliphatic rings.